The third kappa shape index (κ3) is 4.14. The highest BCUT2D eigenvalue weighted by Gasteiger charge is 2.43. The average Bonchev–Trinajstić information content (AvgIpc) is 2.66. The summed E-state index contributed by atoms with van der Waals surface area (Å²) in [5.74, 6) is -1.70. The lowest BCUT2D eigenvalue weighted by Gasteiger charge is -2.42. The zero-order valence-corrected chi connectivity index (χ0v) is 15.6. The van der Waals surface area contributed by atoms with Gasteiger partial charge < -0.3 is 14.2 Å². The third-order valence-electron chi connectivity index (χ3n) is 4.72. The lowest BCUT2D eigenvalue weighted by Crippen LogP contribution is -2.48. The SMILES string of the molecule is C[C@@H]1C[C@@H](C)OC(COC(=O)[C@H](C)c2ccccc2)(c2ccccc2)O1. The predicted molar refractivity (Wildman–Crippen MR) is 99.6 cm³/mol. The minimum Gasteiger partial charge on any atom is -0.459 e. The maximum Gasteiger partial charge on any atom is 0.313 e. The van der Waals surface area contributed by atoms with Gasteiger partial charge in [0.05, 0.1) is 18.1 Å². The molecule has 1 aliphatic rings. The largest absolute Gasteiger partial charge is 0.459 e. The summed E-state index contributed by atoms with van der Waals surface area (Å²) in [6.45, 7) is 5.92. The van der Waals surface area contributed by atoms with Crippen molar-refractivity contribution in [3.05, 3.63) is 71.8 Å². The summed E-state index contributed by atoms with van der Waals surface area (Å²) < 4.78 is 18.0. The van der Waals surface area contributed by atoms with Crippen LogP contribution in [0.1, 0.15) is 44.2 Å². The summed E-state index contributed by atoms with van der Waals surface area (Å²) in [6, 6.07) is 19.3. The molecule has 138 valence electrons. The van der Waals surface area contributed by atoms with E-state index in [1.54, 1.807) is 0 Å². The summed E-state index contributed by atoms with van der Waals surface area (Å²) >= 11 is 0. The second-order valence-corrected chi connectivity index (χ2v) is 6.95. The van der Waals surface area contributed by atoms with E-state index in [9.17, 15) is 4.79 Å². The van der Waals surface area contributed by atoms with Crippen LogP contribution < -0.4 is 0 Å². The maximum absolute atomic E-state index is 12.6. The molecule has 0 bridgehead atoms. The lowest BCUT2D eigenvalue weighted by atomic mass is 10.0. The number of ether oxygens (including phenoxy) is 3. The normalized spacial score (nSPS) is 26.9. The summed E-state index contributed by atoms with van der Waals surface area (Å²) in [5, 5.41) is 0. The molecule has 0 spiro atoms. The van der Waals surface area contributed by atoms with Gasteiger partial charge in [-0.05, 0) is 32.8 Å². The number of carbonyl (C=O) groups is 1. The smallest absolute Gasteiger partial charge is 0.313 e. The second-order valence-electron chi connectivity index (χ2n) is 6.95. The fourth-order valence-electron chi connectivity index (χ4n) is 3.39. The predicted octanol–water partition coefficient (Wildman–Crippen LogP) is 4.40. The van der Waals surface area contributed by atoms with E-state index in [0.717, 1.165) is 17.5 Å². The van der Waals surface area contributed by atoms with Crippen molar-refractivity contribution < 1.29 is 19.0 Å². The van der Waals surface area contributed by atoms with Crippen molar-refractivity contribution in [3.63, 3.8) is 0 Å². The van der Waals surface area contributed by atoms with Crippen LogP contribution in [0.5, 0.6) is 0 Å². The standard InChI is InChI=1S/C22H26O4/c1-16-14-17(2)26-22(25-16,20-12-8-5-9-13-20)15-24-21(23)18(3)19-10-6-4-7-11-19/h4-13,16-18H,14-15H2,1-3H3/t16-,17-,18-/m1/s1. The van der Waals surface area contributed by atoms with Crippen molar-refractivity contribution in [1.29, 1.82) is 0 Å². The van der Waals surface area contributed by atoms with Gasteiger partial charge in [-0.1, -0.05) is 60.7 Å². The molecule has 1 saturated heterocycles. The molecule has 0 N–H and O–H groups in total. The number of esters is 1. The zero-order valence-electron chi connectivity index (χ0n) is 15.6. The molecule has 0 amide bonds. The Labute approximate surface area is 155 Å². The monoisotopic (exact) mass is 354 g/mol. The molecule has 2 aromatic carbocycles. The minimum atomic E-state index is -1.07. The average molecular weight is 354 g/mol. The van der Waals surface area contributed by atoms with E-state index in [-0.39, 0.29) is 30.7 Å². The fraction of sp³-hybridized carbons (Fsp3) is 0.409. The van der Waals surface area contributed by atoms with Crippen LogP contribution in [0.4, 0.5) is 0 Å². The molecule has 0 saturated carbocycles. The van der Waals surface area contributed by atoms with Crippen molar-refractivity contribution >= 4 is 5.97 Å². The van der Waals surface area contributed by atoms with E-state index >= 15 is 0 Å². The lowest BCUT2D eigenvalue weighted by molar-refractivity contribution is -0.334. The Hall–Kier alpha value is -2.17. The van der Waals surface area contributed by atoms with Crippen LogP contribution in [0.3, 0.4) is 0 Å². The van der Waals surface area contributed by atoms with Gasteiger partial charge in [-0.15, -0.1) is 0 Å². The molecule has 1 aliphatic heterocycles. The van der Waals surface area contributed by atoms with Gasteiger partial charge in [0, 0.05) is 5.56 Å². The summed E-state index contributed by atoms with van der Waals surface area (Å²) in [6.07, 6.45) is 0.844. The fourth-order valence-corrected chi connectivity index (χ4v) is 3.39. The molecule has 0 aliphatic carbocycles. The summed E-state index contributed by atoms with van der Waals surface area (Å²) in [5.41, 5.74) is 1.79. The van der Waals surface area contributed by atoms with Crippen LogP contribution in [0, 0.1) is 0 Å². The van der Waals surface area contributed by atoms with E-state index in [1.165, 1.54) is 0 Å². The minimum absolute atomic E-state index is 0.0178. The van der Waals surface area contributed by atoms with Crippen LogP contribution in [0.25, 0.3) is 0 Å². The van der Waals surface area contributed by atoms with Crippen molar-refractivity contribution in [3.8, 4) is 0 Å². The molecule has 4 nitrogen and oxygen atoms in total. The van der Waals surface area contributed by atoms with Gasteiger partial charge in [0.25, 0.3) is 0 Å². The Morgan fingerprint density at radius 2 is 1.58 bits per heavy atom. The molecule has 26 heavy (non-hydrogen) atoms. The van der Waals surface area contributed by atoms with Crippen LogP contribution in [-0.2, 0) is 24.8 Å². The molecule has 1 heterocycles. The quantitative estimate of drug-likeness (QED) is 0.747. The molecular weight excluding hydrogens is 328 g/mol. The summed E-state index contributed by atoms with van der Waals surface area (Å²) in [7, 11) is 0. The van der Waals surface area contributed by atoms with Crippen molar-refractivity contribution in [1.82, 2.24) is 0 Å². The number of hydrogen-bond donors (Lipinski definition) is 0. The van der Waals surface area contributed by atoms with E-state index in [0.29, 0.717) is 0 Å². The Morgan fingerprint density at radius 3 is 2.15 bits per heavy atom. The second kappa shape index (κ2) is 8.02. The van der Waals surface area contributed by atoms with Crippen LogP contribution in [0.15, 0.2) is 60.7 Å². The van der Waals surface area contributed by atoms with E-state index in [4.69, 9.17) is 14.2 Å². The van der Waals surface area contributed by atoms with E-state index < -0.39 is 5.79 Å². The zero-order chi connectivity index (χ0) is 18.6. The van der Waals surface area contributed by atoms with Gasteiger partial charge in [0.2, 0.25) is 5.79 Å². The Balaban J connectivity index is 1.77. The van der Waals surface area contributed by atoms with E-state index in [2.05, 4.69) is 0 Å². The van der Waals surface area contributed by atoms with Gasteiger partial charge in [-0.25, -0.2) is 0 Å². The number of rotatable bonds is 5. The third-order valence-corrected chi connectivity index (χ3v) is 4.72. The molecule has 2 aromatic rings. The van der Waals surface area contributed by atoms with Crippen LogP contribution >= 0.6 is 0 Å². The highest BCUT2D eigenvalue weighted by atomic mass is 16.7. The highest BCUT2D eigenvalue weighted by Crippen LogP contribution is 2.36. The van der Waals surface area contributed by atoms with Crippen LogP contribution in [0.2, 0.25) is 0 Å². The van der Waals surface area contributed by atoms with E-state index in [1.807, 2.05) is 81.4 Å². The Morgan fingerprint density at radius 1 is 1.04 bits per heavy atom. The van der Waals surface area contributed by atoms with Crippen molar-refractivity contribution in [2.24, 2.45) is 0 Å². The first-order valence-corrected chi connectivity index (χ1v) is 9.13. The van der Waals surface area contributed by atoms with Crippen molar-refractivity contribution in [2.45, 2.75) is 51.1 Å². The number of hydrogen-bond acceptors (Lipinski definition) is 4. The van der Waals surface area contributed by atoms with Gasteiger partial charge in [0.15, 0.2) is 0 Å². The Bertz CT molecular complexity index is 703. The topological polar surface area (TPSA) is 44.8 Å². The molecule has 1 fully saturated rings. The van der Waals surface area contributed by atoms with Gasteiger partial charge in [-0.3, -0.25) is 4.79 Å². The molecule has 4 heteroatoms. The molecule has 0 radical (unpaired) electrons. The van der Waals surface area contributed by atoms with Gasteiger partial charge in [-0.2, -0.15) is 0 Å². The highest BCUT2D eigenvalue weighted by molar-refractivity contribution is 5.77. The molecule has 0 aromatic heterocycles. The molecule has 0 unspecified atom stereocenters. The number of carbonyl (C=O) groups excluding carboxylic acids is 1. The molecular formula is C22H26O4. The maximum atomic E-state index is 12.6. The molecule has 3 rings (SSSR count). The van der Waals surface area contributed by atoms with Gasteiger partial charge >= 0.3 is 5.97 Å². The first-order chi connectivity index (χ1) is 12.5. The number of benzene rings is 2. The van der Waals surface area contributed by atoms with Crippen LogP contribution in [-0.4, -0.2) is 24.8 Å². The van der Waals surface area contributed by atoms with Crippen molar-refractivity contribution in [2.75, 3.05) is 6.61 Å². The first kappa shape index (κ1) is 18.6. The van der Waals surface area contributed by atoms with Gasteiger partial charge in [0.1, 0.15) is 6.61 Å². The summed E-state index contributed by atoms with van der Waals surface area (Å²) in [4.78, 5) is 12.6. The Kier molecular flexibility index (Phi) is 5.74. The first-order valence-electron chi connectivity index (χ1n) is 9.13. The molecule has 3 atom stereocenters.